The molecule has 0 radical (unpaired) electrons. The molecule has 1 atom stereocenters. The lowest BCUT2D eigenvalue weighted by Gasteiger charge is -2.25. The highest BCUT2D eigenvalue weighted by Crippen LogP contribution is 2.40. The van der Waals surface area contributed by atoms with Crippen LogP contribution in [0.5, 0.6) is 0 Å². The predicted octanol–water partition coefficient (Wildman–Crippen LogP) is 4.40. The molecule has 0 saturated heterocycles. The van der Waals surface area contributed by atoms with Crippen LogP contribution in [0.15, 0.2) is 45.7 Å². The van der Waals surface area contributed by atoms with E-state index in [0.29, 0.717) is 0 Å². The van der Waals surface area contributed by atoms with Crippen molar-refractivity contribution in [3.63, 3.8) is 0 Å². The Labute approximate surface area is 124 Å². The molecule has 1 aromatic carbocycles. The molecule has 1 aliphatic carbocycles. The van der Waals surface area contributed by atoms with Crippen LogP contribution in [0.4, 0.5) is 0 Å². The first kappa shape index (κ1) is 15.0. The quantitative estimate of drug-likeness (QED) is 0.753. The van der Waals surface area contributed by atoms with Gasteiger partial charge in [-0.25, -0.2) is 0 Å². The Bertz CT molecular complexity index is 531. The highest BCUT2D eigenvalue weighted by molar-refractivity contribution is 8.03. The molecule has 0 N–H and O–H groups in total. The van der Waals surface area contributed by atoms with Crippen LogP contribution in [0.3, 0.4) is 0 Å². The van der Waals surface area contributed by atoms with Crippen molar-refractivity contribution in [3.8, 4) is 0 Å². The minimum Gasteiger partial charge on any atom is -0.298 e. The van der Waals surface area contributed by atoms with Crippen molar-refractivity contribution in [2.75, 3.05) is 0 Å². The maximum Gasteiger partial charge on any atom is 0.166 e. The first-order chi connectivity index (χ1) is 9.63. The van der Waals surface area contributed by atoms with E-state index in [-0.39, 0.29) is 23.9 Å². The van der Waals surface area contributed by atoms with Gasteiger partial charge in [0.15, 0.2) is 5.78 Å². The third-order valence-corrected chi connectivity index (χ3v) is 4.96. The highest BCUT2D eigenvalue weighted by Gasteiger charge is 2.32. The Morgan fingerprint density at radius 1 is 1.20 bits per heavy atom. The fraction of sp³-hybridized carbons (Fsp3) is 0.412. The van der Waals surface area contributed by atoms with Crippen LogP contribution in [-0.4, -0.2) is 11.6 Å². The van der Waals surface area contributed by atoms with Crippen LogP contribution in [0.1, 0.15) is 39.5 Å². The SMILES string of the molecule is CCCCC1C(=O)CC(=O)C(C)=C1Sc1ccccc1. The number of Topliss-reactive ketones (excluding diaryl/α,β-unsaturated/α-hetero) is 2. The third kappa shape index (κ3) is 3.40. The molecular formula is C17H20O2S. The van der Waals surface area contributed by atoms with Crippen molar-refractivity contribution in [1.82, 2.24) is 0 Å². The van der Waals surface area contributed by atoms with Gasteiger partial charge in [0.05, 0.1) is 6.42 Å². The summed E-state index contributed by atoms with van der Waals surface area (Å²) in [7, 11) is 0. The number of allylic oxidation sites excluding steroid dienone is 2. The van der Waals surface area contributed by atoms with Gasteiger partial charge >= 0.3 is 0 Å². The average Bonchev–Trinajstić information content (AvgIpc) is 2.45. The summed E-state index contributed by atoms with van der Waals surface area (Å²) in [6, 6.07) is 9.96. The summed E-state index contributed by atoms with van der Waals surface area (Å²) in [5, 5.41) is 0. The number of unbranched alkanes of at least 4 members (excludes halogenated alkanes) is 1. The first-order valence-electron chi connectivity index (χ1n) is 7.13. The summed E-state index contributed by atoms with van der Waals surface area (Å²) in [6.45, 7) is 3.98. The van der Waals surface area contributed by atoms with E-state index in [2.05, 4.69) is 6.92 Å². The number of rotatable bonds is 5. The first-order valence-corrected chi connectivity index (χ1v) is 7.94. The largest absolute Gasteiger partial charge is 0.298 e. The minimum absolute atomic E-state index is 0.0128. The maximum atomic E-state index is 12.2. The molecule has 1 aliphatic rings. The van der Waals surface area contributed by atoms with Gasteiger partial charge < -0.3 is 0 Å². The van der Waals surface area contributed by atoms with Crippen LogP contribution < -0.4 is 0 Å². The molecule has 0 aromatic heterocycles. The minimum atomic E-state index is -0.0853. The molecule has 0 saturated carbocycles. The Hall–Kier alpha value is -1.35. The van der Waals surface area contributed by atoms with E-state index in [0.717, 1.165) is 34.6 Å². The zero-order valence-corrected chi connectivity index (χ0v) is 12.8. The number of ketones is 2. The normalized spacial score (nSPS) is 19.6. The molecule has 2 rings (SSSR count). The Morgan fingerprint density at radius 2 is 1.90 bits per heavy atom. The topological polar surface area (TPSA) is 34.1 Å². The van der Waals surface area contributed by atoms with E-state index >= 15 is 0 Å². The molecule has 0 spiro atoms. The summed E-state index contributed by atoms with van der Waals surface area (Å²) in [4.78, 5) is 26.2. The van der Waals surface area contributed by atoms with Crippen LogP contribution >= 0.6 is 11.8 Å². The number of carbonyl (C=O) groups excluding carboxylic acids is 2. The van der Waals surface area contributed by atoms with Crippen LogP contribution in [-0.2, 0) is 9.59 Å². The molecule has 0 aliphatic heterocycles. The molecule has 0 heterocycles. The van der Waals surface area contributed by atoms with Crippen molar-refractivity contribution in [1.29, 1.82) is 0 Å². The van der Waals surface area contributed by atoms with E-state index in [1.54, 1.807) is 11.8 Å². The van der Waals surface area contributed by atoms with E-state index < -0.39 is 0 Å². The average molecular weight is 288 g/mol. The summed E-state index contributed by atoms with van der Waals surface area (Å²) in [6.07, 6.45) is 3.03. The summed E-state index contributed by atoms with van der Waals surface area (Å²) < 4.78 is 0. The monoisotopic (exact) mass is 288 g/mol. The van der Waals surface area contributed by atoms with Crippen LogP contribution in [0.2, 0.25) is 0 Å². The second-order valence-electron chi connectivity index (χ2n) is 5.17. The standard InChI is InChI=1S/C17H20O2S/c1-3-4-10-14-16(19)11-15(18)12(2)17(14)20-13-8-6-5-7-9-13/h5-9,14H,3-4,10-11H2,1-2H3. The lowest BCUT2D eigenvalue weighted by molar-refractivity contribution is -0.128. The van der Waals surface area contributed by atoms with Crippen molar-refractivity contribution < 1.29 is 9.59 Å². The van der Waals surface area contributed by atoms with Gasteiger partial charge in [-0.1, -0.05) is 49.7 Å². The van der Waals surface area contributed by atoms with E-state index in [9.17, 15) is 9.59 Å². The molecular weight excluding hydrogens is 268 g/mol. The van der Waals surface area contributed by atoms with Crippen molar-refractivity contribution in [3.05, 3.63) is 40.8 Å². The number of hydrogen-bond acceptors (Lipinski definition) is 3. The van der Waals surface area contributed by atoms with Crippen molar-refractivity contribution in [2.24, 2.45) is 5.92 Å². The van der Waals surface area contributed by atoms with Gasteiger partial charge in [-0.3, -0.25) is 9.59 Å². The second kappa shape index (κ2) is 6.89. The van der Waals surface area contributed by atoms with Gasteiger partial charge in [0.25, 0.3) is 0 Å². The Balaban J connectivity index is 2.29. The van der Waals surface area contributed by atoms with Gasteiger partial charge in [0.2, 0.25) is 0 Å². The molecule has 0 amide bonds. The zero-order chi connectivity index (χ0) is 14.5. The van der Waals surface area contributed by atoms with Crippen molar-refractivity contribution in [2.45, 2.75) is 44.4 Å². The van der Waals surface area contributed by atoms with Gasteiger partial charge in [-0.2, -0.15) is 0 Å². The lowest BCUT2D eigenvalue weighted by atomic mass is 9.85. The third-order valence-electron chi connectivity index (χ3n) is 3.65. The molecule has 3 heteroatoms. The zero-order valence-electron chi connectivity index (χ0n) is 12.0. The fourth-order valence-electron chi connectivity index (χ4n) is 2.42. The summed E-state index contributed by atoms with van der Waals surface area (Å²) >= 11 is 1.58. The summed E-state index contributed by atoms with van der Waals surface area (Å²) in [5.74, 6) is -0.00785. The lowest BCUT2D eigenvalue weighted by Crippen LogP contribution is -2.26. The molecule has 1 unspecified atom stereocenters. The van der Waals surface area contributed by atoms with Gasteiger partial charge in [-0.05, 0) is 25.5 Å². The van der Waals surface area contributed by atoms with E-state index in [1.165, 1.54) is 0 Å². The van der Waals surface area contributed by atoms with Crippen molar-refractivity contribution >= 4 is 23.3 Å². The van der Waals surface area contributed by atoms with Gasteiger partial charge in [0.1, 0.15) is 5.78 Å². The van der Waals surface area contributed by atoms with Gasteiger partial charge in [-0.15, -0.1) is 0 Å². The second-order valence-corrected chi connectivity index (χ2v) is 6.28. The molecule has 20 heavy (non-hydrogen) atoms. The number of carbonyl (C=O) groups is 2. The summed E-state index contributed by atoms with van der Waals surface area (Å²) in [5.41, 5.74) is 0.777. The van der Waals surface area contributed by atoms with E-state index in [1.807, 2.05) is 37.3 Å². The Morgan fingerprint density at radius 3 is 2.55 bits per heavy atom. The fourth-order valence-corrected chi connectivity index (χ4v) is 3.63. The van der Waals surface area contributed by atoms with E-state index in [4.69, 9.17) is 0 Å². The van der Waals surface area contributed by atoms with Crippen LogP contribution in [0, 0.1) is 5.92 Å². The predicted molar refractivity (Wildman–Crippen MR) is 82.6 cm³/mol. The molecule has 2 nitrogen and oxygen atoms in total. The van der Waals surface area contributed by atoms with Crippen LogP contribution in [0.25, 0.3) is 0 Å². The number of hydrogen-bond donors (Lipinski definition) is 0. The number of thioether (sulfide) groups is 1. The van der Waals surface area contributed by atoms with Gasteiger partial charge in [0, 0.05) is 21.3 Å². The molecule has 1 aromatic rings. The smallest absolute Gasteiger partial charge is 0.166 e. The highest BCUT2D eigenvalue weighted by atomic mass is 32.2. The number of benzene rings is 1. The molecule has 106 valence electrons. The molecule has 0 fully saturated rings. The Kier molecular flexibility index (Phi) is 5.18. The molecule has 0 bridgehead atoms. The maximum absolute atomic E-state index is 12.2.